The maximum Gasteiger partial charge on any atom is 0.335 e. The fraction of sp³-hybridized carbons (Fsp3) is 0.0667. The Bertz CT molecular complexity index is 619. The monoisotopic (exact) mass is 254 g/mol. The van der Waals surface area contributed by atoms with E-state index in [1.54, 1.807) is 24.3 Å². The molecule has 4 heteroatoms. The fourth-order valence-corrected chi connectivity index (χ4v) is 1.89. The molecular formula is C15H14N2O2. The normalized spacial score (nSPS) is 9.95. The summed E-state index contributed by atoms with van der Waals surface area (Å²) in [7, 11) is 1.81. The van der Waals surface area contributed by atoms with Gasteiger partial charge in [-0.3, -0.25) is 0 Å². The van der Waals surface area contributed by atoms with Crippen molar-refractivity contribution in [3.05, 3.63) is 53.6 Å². The van der Waals surface area contributed by atoms with Crippen molar-refractivity contribution in [3.8, 4) is 11.1 Å². The first-order valence-electron chi connectivity index (χ1n) is 5.81. The lowest BCUT2D eigenvalue weighted by Gasteiger charge is -2.08. The molecular weight excluding hydrogens is 240 g/mol. The van der Waals surface area contributed by atoms with Gasteiger partial charge in [0.25, 0.3) is 0 Å². The summed E-state index contributed by atoms with van der Waals surface area (Å²) in [5.41, 5.74) is 3.83. The zero-order chi connectivity index (χ0) is 13.8. The molecule has 0 saturated carbocycles. The van der Waals surface area contributed by atoms with E-state index in [9.17, 15) is 4.79 Å². The molecule has 2 aromatic rings. The molecule has 0 aliphatic rings. The number of nitrogens with one attached hydrogen (secondary N) is 2. The largest absolute Gasteiger partial charge is 0.478 e. The van der Waals surface area contributed by atoms with Crippen LogP contribution in [0, 0.1) is 5.41 Å². The number of rotatable bonds is 4. The van der Waals surface area contributed by atoms with E-state index in [2.05, 4.69) is 5.32 Å². The van der Waals surface area contributed by atoms with Crippen molar-refractivity contribution in [1.29, 1.82) is 5.41 Å². The first-order chi connectivity index (χ1) is 9.15. The van der Waals surface area contributed by atoms with Gasteiger partial charge >= 0.3 is 5.97 Å². The predicted molar refractivity (Wildman–Crippen MR) is 76.3 cm³/mol. The third kappa shape index (κ3) is 2.63. The number of hydrogen-bond acceptors (Lipinski definition) is 3. The van der Waals surface area contributed by atoms with Gasteiger partial charge in [0.1, 0.15) is 0 Å². The fourth-order valence-electron chi connectivity index (χ4n) is 1.89. The Morgan fingerprint density at radius 2 is 1.79 bits per heavy atom. The van der Waals surface area contributed by atoms with Gasteiger partial charge in [-0.1, -0.05) is 18.2 Å². The number of carbonyl (C=O) groups is 1. The Morgan fingerprint density at radius 3 is 2.32 bits per heavy atom. The van der Waals surface area contributed by atoms with Gasteiger partial charge < -0.3 is 15.8 Å². The summed E-state index contributed by atoms with van der Waals surface area (Å²) >= 11 is 0. The third-order valence-electron chi connectivity index (χ3n) is 2.94. The number of carboxylic acids is 1. The quantitative estimate of drug-likeness (QED) is 0.734. The summed E-state index contributed by atoms with van der Waals surface area (Å²) in [5, 5.41) is 19.3. The van der Waals surface area contributed by atoms with Crippen LogP contribution in [0.5, 0.6) is 0 Å². The average Bonchev–Trinajstić information content (AvgIpc) is 2.46. The maximum absolute atomic E-state index is 10.8. The summed E-state index contributed by atoms with van der Waals surface area (Å²) in [6.45, 7) is 0. The van der Waals surface area contributed by atoms with Crippen molar-refractivity contribution in [2.45, 2.75) is 0 Å². The second-order valence-corrected chi connectivity index (χ2v) is 4.08. The minimum Gasteiger partial charge on any atom is -0.478 e. The molecule has 2 aromatic carbocycles. The van der Waals surface area contributed by atoms with Crippen LogP contribution >= 0.6 is 0 Å². The van der Waals surface area contributed by atoms with Crippen molar-refractivity contribution >= 4 is 17.9 Å². The highest BCUT2D eigenvalue weighted by Gasteiger charge is 2.05. The molecule has 0 fully saturated rings. The summed E-state index contributed by atoms with van der Waals surface area (Å²) < 4.78 is 0. The lowest BCUT2D eigenvalue weighted by atomic mass is 10.0. The molecule has 0 radical (unpaired) electrons. The molecule has 0 unspecified atom stereocenters. The molecule has 0 atom stereocenters. The van der Waals surface area contributed by atoms with Gasteiger partial charge in [-0.2, -0.15) is 0 Å². The lowest BCUT2D eigenvalue weighted by molar-refractivity contribution is 0.0697. The molecule has 2 rings (SSSR count). The molecule has 0 aliphatic carbocycles. The molecule has 0 heterocycles. The van der Waals surface area contributed by atoms with Crippen LogP contribution in [0.15, 0.2) is 42.5 Å². The predicted octanol–water partition coefficient (Wildman–Crippen LogP) is 3.09. The van der Waals surface area contributed by atoms with Crippen LogP contribution in [0.1, 0.15) is 15.9 Å². The average molecular weight is 254 g/mol. The summed E-state index contributed by atoms with van der Waals surface area (Å²) in [6.07, 6.45) is 1.29. The van der Waals surface area contributed by atoms with Crippen LogP contribution in [0.25, 0.3) is 11.1 Å². The lowest BCUT2D eigenvalue weighted by Crippen LogP contribution is -1.96. The summed E-state index contributed by atoms with van der Waals surface area (Å²) in [6, 6.07) is 12.4. The van der Waals surface area contributed by atoms with Gasteiger partial charge in [0.15, 0.2) is 0 Å². The molecule has 4 nitrogen and oxygen atoms in total. The first-order valence-corrected chi connectivity index (χ1v) is 5.81. The van der Waals surface area contributed by atoms with Crippen LogP contribution in [0.3, 0.4) is 0 Å². The smallest absolute Gasteiger partial charge is 0.335 e. The van der Waals surface area contributed by atoms with Gasteiger partial charge in [0, 0.05) is 24.5 Å². The minimum atomic E-state index is -0.933. The SMILES string of the molecule is CNc1ccc(-c2ccc(C(=O)O)cc2)cc1C=N. The Kier molecular flexibility index (Phi) is 3.61. The van der Waals surface area contributed by atoms with Crippen molar-refractivity contribution < 1.29 is 9.90 Å². The Balaban J connectivity index is 2.41. The van der Waals surface area contributed by atoms with Gasteiger partial charge in [-0.05, 0) is 35.4 Å². The number of anilines is 1. The van der Waals surface area contributed by atoms with Crippen LogP contribution in [0.2, 0.25) is 0 Å². The van der Waals surface area contributed by atoms with Crippen LogP contribution in [-0.2, 0) is 0 Å². The first kappa shape index (κ1) is 12.8. The highest BCUT2D eigenvalue weighted by Crippen LogP contribution is 2.24. The standard InChI is InChI=1S/C15H14N2O2/c1-17-14-7-6-12(8-13(14)9-16)10-2-4-11(5-3-10)15(18)19/h2-9,16-17H,1H3,(H,18,19). The minimum absolute atomic E-state index is 0.267. The number of aromatic carboxylic acids is 1. The van der Waals surface area contributed by atoms with Crippen LogP contribution in [0.4, 0.5) is 5.69 Å². The van der Waals surface area contributed by atoms with Gasteiger partial charge in [0.2, 0.25) is 0 Å². The van der Waals surface area contributed by atoms with Crippen molar-refractivity contribution in [3.63, 3.8) is 0 Å². The van der Waals surface area contributed by atoms with E-state index in [4.69, 9.17) is 10.5 Å². The highest BCUT2D eigenvalue weighted by atomic mass is 16.4. The molecule has 0 aromatic heterocycles. The molecule has 0 bridgehead atoms. The molecule has 19 heavy (non-hydrogen) atoms. The van der Waals surface area contributed by atoms with E-state index >= 15 is 0 Å². The van der Waals surface area contributed by atoms with E-state index < -0.39 is 5.97 Å². The zero-order valence-corrected chi connectivity index (χ0v) is 10.5. The van der Waals surface area contributed by atoms with Crippen molar-refractivity contribution in [1.82, 2.24) is 0 Å². The second kappa shape index (κ2) is 5.35. The number of carboxylic acid groups (broad SMARTS) is 1. The van der Waals surface area contributed by atoms with Crippen molar-refractivity contribution in [2.24, 2.45) is 0 Å². The van der Waals surface area contributed by atoms with E-state index in [1.165, 1.54) is 6.21 Å². The molecule has 0 aliphatic heterocycles. The Labute approximate surface area is 111 Å². The van der Waals surface area contributed by atoms with Crippen molar-refractivity contribution in [2.75, 3.05) is 12.4 Å². The van der Waals surface area contributed by atoms with Gasteiger partial charge in [0.05, 0.1) is 5.56 Å². The number of hydrogen-bond donors (Lipinski definition) is 3. The Hall–Kier alpha value is -2.62. The molecule has 0 spiro atoms. The van der Waals surface area contributed by atoms with Crippen LogP contribution < -0.4 is 5.32 Å². The van der Waals surface area contributed by atoms with E-state index in [0.717, 1.165) is 22.4 Å². The summed E-state index contributed by atoms with van der Waals surface area (Å²) in [4.78, 5) is 10.8. The Morgan fingerprint density at radius 1 is 1.16 bits per heavy atom. The zero-order valence-electron chi connectivity index (χ0n) is 10.5. The molecule has 96 valence electrons. The molecule has 0 amide bonds. The number of benzene rings is 2. The van der Waals surface area contributed by atoms with E-state index in [-0.39, 0.29) is 5.56 Å². The van der Waals surface area contributed by atoms with Gasteiger partial charge in [-0.25, -0.2) is 4.79 Å². The van der Waals surface area contributed by atoms with Gasteiger partial charge in [-0.15, -0.1) is 0 Å². The maximum atomic E-state index is 10.8. The van der Waals surface area contributed by atoms with Crippen LogP contribution in [-0.4, -0.2) is 24.3 Å². The molecule has 0 saturated heterocycles. The topological polar surface area (TPSA) is 73.2 Å². The molecule has 3 N–H and O–H groups in total. The van der Waals surface area contributed by atoms with E-state index in [0.29, 0.717) is 0 Å². The van der Waals surface area contributed by atoms with E-state index in [1.807, 2.05) is 25.2 Å². The third-order valence-corrected chi connectivity index (χ3v) is 2.94. The highest BCUT2D eigenvalue weighted by molar-refractivity contribution is 5.90. The second-order valence-electron chi connectivity index (χ2n) is 4.08. The summed E-state index contributed by atoms with van der Waals surface area (Å²) in [5.74, 6) is -0.933.